The summed E-state index contributed by atoms with van der Waals surface area (Å²) in [7, 11) is 0. The topological polar surface area (TPSA) is 38.0 Å². The third-order valence-corrected chi connectivity index (χ3v) is 4.43. The summed E-state index contributed by atoms with van der Waals surface area (Å²) in [6.45, 7) is 2.06. The molecule has 1 unspecified atom stereocenters. The Morgan fingerprint density at radius 1 is 1.33 bits per heavy atom. The average Bonchev–Trinajstić information content (AvgIpc) is 2.39. The van der Waals surface area contributed by atoms with E-state index in [0.717, 1.165) is 11.4 Å². The van der Waals surface area contributed by atoms with Gasteiger partial charge in [-0.05, 0) is 49.3 Å². The van der Waals surface area contributed by atoms with Gasteiger partial charge in [0.15, 0.2) is 0 Å². The van der Waals surface area contributed by atoms with Crippen molar-refractivity contribution in [3.05, 3.63) is 34.3 Å². The Bertz CT molecular complexity index is 386. The Hall–Kier alpha value is -0.570. The molecule has 0 aromatic heterocycles. The lowest BCUT2D eigenvalue weighted by Crippen LogP contribution is -2.43. The minimum absolute atomic E-state index is 0.352. The van der Waals surface area contributed by atoms with Crippen molar-refractivity contribution in [3.8, 4) is 0 Å². The van der Waals surface area contributed by atoms with E-state index in [9.17, 15) is 0 Å². The van der Waals surface area contributed by atoms with Crippen LogP contribution in [0.25, 0.3) is 0 Å². The van der Waals surface area contributed by atoms with Crippen LogP contribution in [0.4, 0.5) is 0 Å². The molecule has 3 N–H and O–H groups in total. The minimum Gasteiger partial charge on any atom is -0.271 e. The van der Waals surface area contributed by atoms with Gasteiger partial charge in [-0.2, -0.15) is 0 Å². The summed E-state index contributed by atoms with van der Waals surface area (Å²) >= 11 is 6.30. The van der Waals surface area contributed by atoms with Gasteiger partial charge in [-0.15, -0.1) is 0 Å². The summed E-state index contributed by atoms with van der Waals surface area (Å²) in [5.74, 6) is 6.43. The smallest absolute Gasteiger partial charge is 0.0441 e. The maximum atomic E-state index is 6.30. The first-order valence-corrected chi connectivity index (χ1v) is 7.29. The summed E-state index contributed by atoms with van der Waals surface area (Å²) in [6.07, 6.45) is 7.56. The van der Waals surface area contributed by atoms with Gasteiger partial charge in [0, 0.05) is 11.1 Å². The highest BCUT2D eigenvalue weighted by atomic mass is 35.5. The fraction of sp³-hybridized carbons (Fsp3) is 0.600. The van der Waals surface area contributed by atoms with Gasteiger partial charge in [0.05, 0.1) is 0 Å². The van der Waals surface area contributed by atoms with Gasteiger partial charge < -0.3 is 0 Å². The molecule has 0 radical (unpaired) electrons. The predicted molar refractivity (Wildman–Crippen MR) is 77.6 cm³/mol. The molecule has 1 aliphatic carbocycles. The van der Waals surface area contributed by atoms with Crippen LogP contribution in [0.2, 0.25) is 5.02 Å². The highest BCUT2D eigenvalue weighted by Crippen LogP contribution is 2.29. The lowest BCUT2D eigenvalue weighted by atomic mass is 9.82. The summed E-state index contributed by atoms with van der Waals surface area (Å²) in [5.41, 5.74) is 5.41. The van der Waals surface area contributed by atoms with E-state index >= 15 is 0 Å². The fourth-order valence-corrected chi connectivity index (χ4v) is 3.27. The van der Waals surface area contributed by atoms with Crippen LogP contribution < -0.4 is 11.3 Å². The zero-order valence-electron chi connectivity index (χ0n) is 11.1. The minimum atomic E-state index is 0.352. The van der Waals surface area contributed by atoms with Crippen LogP contribution in [0.3, 0.4) is 0 Å². The second-order valence-electron chi connectivity index (χ2n) is 5.47. The van der Waals surface area contributed by atoms with E-state index < -0.39 is 0 Å². The van der Waals surface area contributed by atoms with Crippen molar-refractivity contribution in [2.75, 3.05) is 0 Å². The van der Waals surface area contributed by atoms with Crippen molar-refractivity contribution in [2.45, 2.75) is 51.5 Å². The second kappa shape index (κ2) is 6.55. The SMILES string of the molecule is Cc1ccc(CC(NN)C2CCCCC2)c(Cl)c1. The number of nitrogens with two attached hydrogens (primary N) is 1. The van der Waals surface area contributed by atoms with Gasteiger partial charge in [0.2, 0.25) is 0 Å². The van der Waals surface area contributed by atoms with Crippen molar-refractivity contribution in [2.24, 2.45) is 11.8 Å². The van der Waals surface area contributed by atoms with Crippen LogP contribution in [0.15, 0.2) is 18.2 Å². The zero-order valence-corrected chi connectivity index (χ0v) is 11.8. The molecule has 2 nitrogen and oxygen atoms in total. The third kappa shape index (κ3) is 3.47. The van der Waals surface area contributed by atoms with Gasteiger partial charge in [-0.3, -0.25) is 11.3 Å². The molecule has 0 heterocycles. The molecule has 1 saturated carbocycles. The largest absolute Gasteiger partial charge is 0.271 e. The normalized spacial score (nSPS) is 18.8. The first-order chi connectivity index (χ1) is 8.70. The Morgan fingerprint density at radius 3 is 2.67 bits per heavy atom. The molecule has 2 rings (SSSR count). The summed E-state index contributed by atoms with van der Waals surface area (Å²) in [6, 6.07) is 6.64. The molecule has 100 valence electrons. The van der Waals surface area contributed by atoms with Gasteiger partial charge >= 0.3 is 0 Å². The number of aryl methyl sites for hydroxylation is 1. The van der Waals surface area contributed by atoms with Crippen LogP contribution in [0, 0.1) is 12.8 Å². The molecule has 0 saturated heterocycles. The number of rotatable bonds is 4. The van der Waals surface area contributed by atoms with E-state index in [1.165, 1.54) is 43.2 Å². The van der Waals surface area contributed by atoms with E-state index in [1.807, 2.05) is 6.07 Å². The molecule has 0 aliphatic heterocycles. The molecular formula is C15H23ClN2. The molecule has 1 fully saturated rings. The molecule has 0 bridgehead atoms. The van der Waals surface area contributed by atoms with Gasteiger partial charge in [0.1, 0.15) is 0 Å². The molecule has 18 heavy (non-hydrogen) atoms. The molecule has 3 heteroatoms. The van der Waals surface area contributed by atoms with Crippen molar-refractivity contribution >= 4 is 11.6 Å². The van der Waals surface area contributed by atoms with E-state index in [2.05, 4.69) is 24.5 Å². The van der Waals surface area contributed by atoms with Crippen LogP contribution >= 0.6 is 11.6 Å². The summed E-state index contributed by atoms with van der Waals surface area (Å²) < 4.78 is 0. The highest BCUT2D eigenvalue weighted by Gasteiger charge is 2.23. The van der Waals surface area contributed by atoms with Gasteiger partial charge in [-0.25, -0.2) is 0 Å². The summed E-state index contributed by atoms with van der Waals surface area (Å²) in [5, 5.41) is 0.867. The molecule has 0 amide bonds. The maximum absolute atomic E-state index is 6.30. The zero-order chi connectivity index (χ0) is 13.0. The van der Waals surface area contributed by atoms with Gasteiger partial charge in [-0.1, -0.05) is 43.0 Å². The Labute approximate surface area is 115 Å². The van der Waals surface area contributed by atoms with Crippen LogP contribution in [0.1, 0.15) is 43.2 Å². The number of hydrogen-bond donors (Lipinski definition) is 2. The predicted octanol–water partition coefficient (Wildman–Crippen LogP) is 3.60. The highest BCUT2D eigenvalue weighted by molar-refractivity contribution is 6.31. The van der Waals surface area contributed by atoms with E-state index in [1.54, 1.807) is 0 Å². The molecule has 1 aromatic carbocycles. The molecular weight excluding hydrogens is 244 g/mol. The molecule has 0 spiro atoms. The Kier molecular flexibility index (Phi) is 5.04. The fourth-order valence-electron chi connectivity index (χ4n) is 2.95. The van der Waals surface area contributed by atoms with E-state index in [-0.39, 0.29) is 0 Å². The lowest BCUT2D eigenvalue weighted by molar-refractivity contribution is 0.268. The maximum Gasteiger partial charge on any atom is 0.0441 e. The van der Waals surface area contributed by atoms with Crippen molar-refractivity contribution in [1.82, 2.24) is 5.43 Å². The second-order valence-corrected chi connectivity index (χ2v) is 5.88. The Balaban J connectivity index is 2.04. The monoisotopic (exact) mass is 266 g/mol. The van der Waals surface area contributed by atoms with E-state index in [4.69, 9.17) is 17.4 Å². The van der Waals surface area contributed by atoms with Gasteiger partial charge in [0.25, 0.3) is 0 Å². The molecule has 1 aromatic rings. The van der Waals surface area contributed by atoms with Crippen molar-refractivity contribution in [3.63, 3.8) is 0 Å². The Morgan fingerprint density at radius 2 is 2.06 bits per heavy atom. The standard InChI is InChI=1S/C15H23ClN2/c1-11-7-8-13(14(16)9-11)10-15(18-17)12-5-3-2-4-6-12/h7-9,12,15,18H,2-6,10,17H2,1H3. The van der Waals surface area contributed by atoms with Crippen molar-refractivity contribution in [1.29, 1.82) is 0 Å². The lowest BCUT2D eigenvalue weighted by Gasteiger charge is -2.30. The third-order valence-electron chi connectivity index (χ3n) is 4.08. The van der Waals surface area contributed by atoms with Crippen LogP contribution in [-0.4, -0.2) is 6.04 Å². The van der Waals surface area contributed by atoms with Crippen LogP contribution in [0.5, 0.6) is 0 Å². The molecule has 1 atom stereocenters. The number of hydrazine groups is 1. The quantitative estimate of drug-likeness (QED) is 0.645. The number of nitrogens with one attached hydrogen (secondary N) is 1. The number of hydrogen-bond acceptors (Lipinski definition) is 2. The first kappa shape index (κ1) is 13.9. The number of benzene rings is 1. The number of halogens is 1. The summed E-state index contributed by atoms with van der Waals surface area (Å²) in [4.78, 5) is 0. The first-order valence-electron chi connectivity index (χ1n) is 6.92. The van der Waals surface area contributed by atoms with Crippen molar-refractivity contribution < 1.29 is 0 Å². The molecule has 1 aliphatic rings. The van der Waals surface area contributed by atoms with E-state index in [0.29, 0.717) is 12.0 Å². The average molecular weight is 267 g/mol. The van der Waals surface area contributed by atoms with Crippen LogP contribution in [-0.2, 0) is 6.42 Å².